The molecule has 2 aromatic carbocycles. The SMILES string of the molecule is COc1ccc(C(=O)N2CC3CC(C2)c2ccc(-c4ccc(SC)cc4)c(=O)n2C3)cc1. The molecule has 0 spiro atoms. The van der Waals surface area contributed by atoms with Crippen molar-refractivity contribution in [3.05, 3.63) is 82.3 Å². The fourth-order valence-corrected chi connectivity index (χ4v) is 5.43. The van der Waals surface area contributed by atoms with Gasteiger partial charge in [-0.3, -0.25) is 9.59 Å². The Morgan fingerprint density at radius 3 is 2.41 bits per heavy atom. The van der Waals surface area contributed by atoms with Gasteiger partial charge in [-0.15, -0.1) is 11.8 Å². The van der Waals surface area contributed by atoms with E-state index in [1.807, 2.05) is 58.2 Å². The molecule has 2 atom stereocenters. The van der Waals surface area contributed by atoms with Gasteiger partial charge in [0.1, 0.15) is 5.75 Å². The van der Waals surface area contributed by atoms with Gasteiger partial charge in [0.2, 0.25) is 0 Å². The molecular formula is C26H26N2O3S. The number of piperidine rings is 1. The van der Waals surface area contributed by atoms with Gasteiger partial charge in [-0.2, -0.15) is 0 Å². The van der Waals surface area contributed by atoms with Crippen LogP contribution in [-0.4, -0.2) is 41.8 Å². The average Bonchev–Trinajstić information content (AvgIpc) is 2.84. The lowest BCUT2D eigenvalue weighted by molar-refractivity contribution is 0.0594. The molecule has 164 valence electrons. The maximum absolute atomic E-state index is 13.4. The van der Waals surface area contributed by atoms with Crippen molar-refractivity contribution in [2.75, 3.05) is 26.5 Å². The Morgan fingerprint density at radius 2 is 1.72 bits per heavy atom. The third-order valence-electron chi connectivity index (χ3n) is 6.63. The number of benzene rings is 2. The molecule has 0 saturated carbocycles. The number of methoxy groups -OCH3 is 1. The Kier molecular flexibility index (Phi) is 5.55. The fourth-order valence-electron chi connectivity index (χ4n) is 5.02. The molecule has 0 radical (unpaired) electrons. The Bertz CT molecular complexity index is 1200. The minimum absolute atomic E-state index is 0.0450. The van der Waals surface area contributed by atoms with Gasteiger partial charge in [0, 0.05) is 47.3 Å². The maximum Gasteiger partial charge on any atom is 0.258 e. The van der Waals surface area contributed by atoms with Crippen LogP contribution in [0.4, 0.5) is 0 Å². The number of aromatic nitrogens is 1. The van der Waals surface area contributed by atoms with Crippen LogP contribution >= 0.6 is 11.8 Å². The van der Waals surface area contributed by atoms with E-state index < -0.39 is 0 Å². The zero-order chi connectivity index (χ0) is 22.2. The van der Waals surface area contributed by atoms with E-state index in [0.29, 0.717) is 25.2 Å². The molecule has 1 fully saturated rings. The summed E-state index contributed by atoms with van der Waals surface area (Å²) in [6.07, 6.45) is 3.07. The second-order valence-electron chi connectivity index (χ2n) is 8.55. The van der Waals surface area contributed by atoms with Gasteiger partial charge in [0.15, 0.2) is 0 Å². The van der Waals surface area contributed by atoms with E-state index in [0.717, 1.165) is 29.0 Å². The number of ether oxygens (including phenoxy) is 1. The highest BCUT2D eigenvalue weighted by atomic mass is 32.2. The second-order valence-corrected chi connectivity index (χ2v) is 9.43. The highest BCUT2D eigenvalue weighted by Gasteiger charge is 2.37. The Labute approximate surface area is 192 Å². The standard InChI is InChI=1S/C26H26N2O3S/c1-31-21-7-3-19(4-8-21)25(29)27-14-17-13-20(16-27)24-12-11-23(26(30)28(24)15-17)18-5-9-22(32-2)10-6-18/h3-12,17,20H,13-16H2,1-2H3. The number of nitrogens with zero attached hydrogens (tertiary/aromatic N) is 2. The van der Waals surface area contributed by atoms with Gasteiger partial charge >= 0.3 is 0 Å². The van der Waals surface area contributed by atoms with E-state index in [4.69, 9.17) is 4.74 Å². The molecule has 3 aromatic rings. The van der Waals surface area contributed by atoms with Crippen LogP contribution in [0.15, 0.2) is 70.4 Å². The zero-order valence-electron chi connectivity index (χ0n) is 18.3. The topological polar surface area (TPSA) is 51.5 Å². The molecule has 0 aliphatic carbocycles. The minimum atomic E-state index is 0.0450. The van der Waals surface area contributed by atoms with E-state index in [1.54, 1.807) is 18.9 Å². The summed E-state index contributed by atoms with van der Waals surface area (Å²) in [6.45, 7) is 1.98. The van der Waals surface area contributed by atoms with Crippen molar-refractivity contribution < 1.29 is 9.53 Å². The zero-order valence-corrected chi connectivity index (χ0v) is 19.1. The quantitative estimate of drug-likeness (QED) is 0.554. The molecule has 3 heterocycles. The second kappa shape index (κ2) is 8.51. The first-order chi connectivity index (χ1) is 15.6. The summed E-state index contributed by atoms with van der Waals surface area (Å²) in [6, 6.07) is 19.5. The summed E-state index contributed by atoms with van der Waals surface area (Å²) in [5, 5.41) is 0. The Morgan fingerprint density at radius 1 is 0.969 bits per heavy atom. The fraction of sp³-hybridized carbons (Fsp3) is 0.308. The molecule has 6 heteroatoms. The Hall–Kier alpha value is -2.99. The van der Waals surface area contributed by atoms with Gasteiger partial charge in [0.05, 0.1) is 7.11 Å². The third-order valence-corrected chi connectivity index (χ3v) is 7.37. The van der Waals surface area contributed by atoms with Gasteiger partial charge in [-0.1, -0.05) is 12.1 Å². The van der Waals surface area contributed by atoms with Crippen molar-refractivity contribution >= 4 is 17.7 Å². The molecule has 1 saturated heterocycles. The summed E-state index contributed by atoms with van der Waals surface area (Å²) in [5.74, 6) is 1.26. The molecule has 2 unspecified atom stereocenters. The summed E-state index contributed by atoms with van der Waals surface area (Å²) in [7, 11) is 1.62. The predicted octanol–water partition coefficient (Wildman–Crippen LogP) is 4.51. The highest BCUT2D eigenvalue weighted by molar-refractivity contribution is 7.98. The van der Waals surface area contributed by atoms with Gasteiger partial charge in [-0.05, 0) is 72.7 Å². The normalized spacial score (nSPS) is 19.4. The minimum Gasteiger partial charge on any atom is -0.497 e. The van der Waals surface area contributed by atoms with E-state index in [9.17, 15) is 9.59 Å². The number of fused-ring (bicyclic) bond motifs is 4. The lowest BCUT2D eigenvalue weighted by atomic mass is 9.82. The molecule has 5 nitrogen and oxygen atoms in total. The van der Waals surface area contributed by atoms with Crippen LogP contribution in [0.3, 0.4) is 0 Å². The summed E-state index contributed by atoms with van der Waals surface area (Å²) < 4.78 is 7.15. The number of amides is 1. The molecular weight excluding hydrogens is 420 g/mol. The molecule has 32 heavy (non-hydrogen) atoms. The summed E-state index contributed by atoms with van der Waals surface area (Å²) >= 11 is 1.69. The van der Waals surface area contributed by atoms with Crippen molar-refractivity contribution in [1.29, 1.82) is 0 Å². The Balaban J connectivity index is 1.41. The molecule has 1 amide bonds. The lowest BCUT2D eigenvalue weighted by Gasteiger charge is -2.43. The first kappa shape index (κ1) is 20.9. The molecule has 1 aromatic heterocycles. The van der Waals surface area contributed by atoms with Gasteiger partial charge < -0.3 is 14.2 Å². The van der Waals surface area contributed by atoms with Crippen LogP contribution in [0.5, 0.6) is 5.75 Å². The van der Waals surface area contributed by atoms with E-state index in [2.05, 4.69) is 18.2 Å². The van der Waals surface area contributed by atoms with Crippen LogP contribution in [0.2, 0.25) is 0 Å². The molecule has 0 N–H and O–H groups in total. The van der Waals surface area contributed by atoms with Crippen molar-refractivity contribution in [2.45, 2.75) is 23.8 Å². The average molecular weight is 447 g/mol. The van der Waals surface area contributed by atoms with Gasteiger partial charge in [-0.25, -0.2) is 0 Å². The van der Waals surface area contributed by atoms with Crippen molar-refractivity contribution in [1.82, 2.24) is 9.47 Å². The number of pyridine rings is 1. The number of carbonyl (C=O) groups is 1. The number of hydrogen-bond donors (Lipinski definition) is 0. The number of thioether (sulfide) groups is 1. The van der Waals surface area contributed by atoms with Crippen LogP contribution < -0.4 is 10.3 Å². The monoisotopic (exact) mass is 446 g/mol. The first-order valence-corrected chi connectivity index (χ1v) is 12.1. The van der Waals surface area contributed by atoms with Crippen LogP contribution in [-0.2, 0) is 6.54 Å². The highest BCUT2D eigenvalue weighted by Crippen LogP contribution is 2.36. The van der Waals surface area contributed by atoms with E-state index >= 15 is 0 Å². The molecule has 2 aliphatic rings. The van der Waals surface area contributed by atoms with Crippen LogP contribution in [0.1, 0.15) is 28.4 Å². The predicted molar refractivity (Wildman–Crippen MR) is 128 cm³/mol. The van der Waals surface area contributed by atoms with Gasteiger partial charge in [0.25, 0.3) is 11.5 Å². The number of hydrogen-bond acceptors (Lipinski definition) is 4. The summed E-state index contributed by atoms with van der Waals surface area (Å²) in [5.41, 5.74) is 3.49. The number of likely N-dealkylation sites (tertiary alicyclic amines) is 1. The largest absolute Gasteiger partial charge is 0.497 e. The van der Waals surface area contributed by atoms with Crippen LogP contribution in [0.25, 0.3) is 11.1 Å². The van der Waals surface area contributed by atoms with Crippen molar-refractivity contribution in [3.8, 4) is 16.9 Å². The van der Waals surface area contributed by atoms with E-state index in [-0.39, 0.29) is 23.3 Å². The number of carbonyl (C=O) groups excluding carboxylic acids is 1. The lowest BCUT2D eigenvalue weighted by Crippen LogP contribution is -2.49. The van der Waals surface area contributed by atoms with Crippen molar-refractivity contribution in [2.24, 2.45) is 5.92 Å². The smallest absolute Gasteiger partial charge is 0.258 e. The molecule has 5 rings (SSSR count). The first-order valence-electron chi connectivity index (χ1n) is 10.9. The van der Waals surface area contributed by atoms with E-state index in [1.165, 1.54) is 4.90 Å². The maximum atomic E-state index is 13.4. The van der Waals surface area contributed by atoms with Crippen molar-refractivity contribution in [3.63, 3.8) is 0 Å². The molecule has 2 bridgehead atoms. The number of rotatable bonds is 4. The molecule has 2 aliphatic heterocycles. The van der Waals surface area contributed by atoms with Crippen LogP contribution in [0, 0.1) is 5.92 Å². The third kappa shape index (κ3) is 3.73. The summed E-state index contributed by atoms with van der Waals surface area (Å²) in [4.78, 5) is 29.6.